The lowest BCUT2D eigenvalue weighted by Gasteiger charge is -2.14. The van der Waals surface area contributed by atoms with Crippen LogP contribution in [0.15, 0.2) is 65.7 Å². The van der Waals surface area contributed by atoms with E-state index in [2.05, 4.69) is 20.4 Å². The van der Waals surface area contributed by atoms with Crippen molar-refractivity contribution in [1.29, 1.82) is 0 Å². The zero-order valence-corrected chi connectivity index (χ0v) is 15.2. The van der Waals surface area contributed by atoms with Crippen molar-refractivity contribution >= 4 is 22.6 Å². The number of amidine groups is 1. The Bertz CT molecular complexity index is 1040. The van der Waals surface area contributed by atoms with Crippen LogP contribution >= 0.6 is 0 Å². The number of hydrogen-bond acceptors (Lipinski definition) is 5. The maximum Gasteiger partial charge on any atom is 0.146 e. The topological polar surface area (TPSA) is 102 Å². The molecule has 0 spiro atoms. The number of nitrogen functional groups attached to an aromatic ring is 1. The number of nitrogens with zero attached hydrogens (tertiary/aromatic N) is 3. The molecule has 8 heteroatoms. The van der Waals surface area contributed by atoms with Gasteiger partial charge in [-0.2, -0.15) is 0 Å². The number of para-hydroxylation sites is 1. The number of nitrogens with two attached hydrogens (primary N) is 2. The number of nitrogens with one attached hydrogen (secondary N) is 1. The molecule has 0 saturated heterocycles. The van der Waals surface area contributed by atoms with Gasteiger partial charge in [0.25, 0.3) is 0 Å². The molecule has 6 nitrogen and oxygen atoms in total. The third-order valence-electron chi connectivity index (χ3n) is 4.41. The Morgan fingerprint density at radius 1 is 1.29 bits per heavy atom. The molecule has 144 valence electrons. The number of aromatic nitrogens is 2. The molecule has 1 atom stereocenters. The maximum atomic E-state index is 12.9. The van der Waals surface area contributed by atoms with E-state index >= 15 is 0 Å². The molecule has 0 aliphatic rings. The van der Waals surface area contributed by atoms with E-state index in [0.29, 0.717) is 5.56 Å². The van der Waals surface area contributed by atoms with Crippen LogP contribution in [0.1, 0.15) is 12.5 Å². The number of pyridine rings is 2. The first-order valence-corrected chi connectivity index (χ1v) is 8.58. The van der Waals surface area contributed by atoms with Gasteiger partial charge in [-0.1, -0.05) is 24.3 Å². The number of rotatable bonds is 5. The molecule has 2 aromatic heterocycles. The zero-order chi connectivity index (χ0) is 20.1. The highest BCUT2D eigenvalue weighted by Crippen LogP contribution is 2.28. The summed E-state index contributed by atoms with van der Waals surface area (Å²) in [7, 11) is 0. The van der Waals surface area contributed by atoms with Crippen molar-refractivity contribution in [2.24, 2.45) is 10.8 Å². The molecule has 0 amide bonds. The fourth-order valence-electron chi connectivity index (χ4n) is 2.84. The van der Waals surface area contributed by atoms with Crippen LogP contribution in [0.25, 0.3) is 22.0 Å². The SMILES string of the molecule is CC(N=C(NN)c1cc(-c2cccc3cccnc23)cnc1N)/C(=C/F)CF. The molecule has 1 aromatic carbocycles. The van der Waals surface area contributed by atoms with Crippen LogP contribution in [-0.2, 0) is 0 Å². The van der Waals surface area contributed by atoms with Gasteiger partial charge in [0.2, 0.25) is 0 Å². The van der Waals surface area contributed by atoms with E-state index in [1.165, 1.54) is 0 Å². The molecule has 0 bridgehead atoms. The number of alkyl halides is 1. The van der Waals surface area contributed by atoms with Gasteiger partial charge < -0.3 is 11.2 Å². The molecule has 0 aliphatic heterocycles. The number of hydrazine groups is 1. The van der Waals surface area contributed by atoms with Gasteiger partial charge in [0.15, 0.2) is 0 Å². The van der Waals surface area contributed by atoms with E-state index < -0.39 is 12.7 Å². The van der Waals surface area contributed by atoms with Gasteiger partial charge in [-0.25, -0.2) is 19.6 Å². The van der Waals surface area contributed by atoms with Gasteiger partial charge in [-0.15, -0.1) is 0 Å². The van der Waals surface area contributed by atoms with E-state index in [-0.39, 0.29) is 23.6 Å². The minimum absolute atomic E-state index is 0.103. The predicted molar refractivity (Wildman–Crippen MR) is 108 cm³/mol. The monoisotopic (exact) mass is 382 g/mol. The van der Waals surface area contributed by atoms with Crippen LogP contribution < -0.4 is 17.0 Å². The average molecular weight is 382 g/mol. The fraction of sp³-hybridized carbons (Fsp3) is 0.150. The first-order valence-electron chi connectivity index (χ1n) is 8.58. The molecule has 28 heavy (non-hydrogen) atoms. The van der Waals surface area contributed by atoms with Crippen LogP contribution in [0.2, 0.25) is 0 Å². The van der Waals surface area contributed by atoms with E-state index in [0.717, 1.165) is 22.0 Å². The summed E-state index contributed by atoms with van der Waals surface area (Å²) in [6.07, 6.45) is 3.56. The molecule has 0 fully saturated rings. The minimum atomic E-state index is -0.950. The van der Waals surface area contributed by atoms with E-state index in [9.17, 15) is 8.78 Å². The molecule has 3 rings (SSSR count). The van der Waals surface area contributed by atoms with Crippen molar-refractivity contribution in [1.82, 2.24) is 15.4 Å². The first-order chi connectivity index (χ1) is 13.6. The Kier molecular flexibility index (Phi) is 5.90. The summed E-state index contributed by atoms with van der Waals surface area (Å²) >= 11 is 0. The lowest BCUT2D eigenvalue weighted by atomic mass is 10.0. The van der Waals surface area contributed by atoms with Gasteiger partial charge in [0, 0.05) is 34.5 Å². The Morgan fingerprint density at radius 2 is 2.07 bits per heavy atom. The third-order valence-corrected chi connectivity index (χ3v) is 4.41. The Balaban J connectivity index is 2.10. The zero-order valence-electron chi connectivity index (χ0n) is 15.2. The third kappa shape index (κ3) is 3.81. The standard InChI is InChI=1S/C20H20F2N6/c1-12(15(9-21)10-22)27-20(28-24)17-8-14(11-26-19(17)23)16-6-2-4-13-5-3-7-25-18(13)16/h2-9,11-12H,10,24H2,1H3,(H2,23,26)(H,27,28)/b15-9+. The second-order valence-electron chi connectivity index (χ2n) is 6.15. The summed E-state index contributed by atoms with van der Waals surface area (Å²) in [5.74, 6) is 5.97. The van der Waals surface area contributed by atoms with Crippen LogP contribution in [0.5, 0.6) is 0 Å². The number of aliphatic imine (C=N–C) groups is 1. The Morgan fingerprint density at radius 3 is 2.79 bits per heavy atom. The van der Waals surface area contributed by atoms with Crippen molar-refractivity contribution in [3.05, 3.63) is 66.3 Å². The van der Waals surface area contributed by atoms with E-state index in [1.807, 2.05) is 30.3 Å². The molecule has 3 aromatic rings. The summed E-state index contributed by atoms with van der Waals surface area (Å²) in [6.45, 7) is 0.610. The normalized spacial score (nSPS) is 13.6. The van der Waals surface area contributed by atoms with Crippen LogP contribution in [0, 0.1) is 0 Å². The summed E-state index contributed by atoms with van der Waals surface area (Å²) in [4.78, 5) is 12.9. The average Bonchev–Trinajstić information content (AvgIpc) is 2.73. The molecular formula is C20H20F2N6. The minimum Gasteiger partial charge on any atom is -0.383 e. The van der Waals surface area contributed by atoms with E-state index in [4.69, 9.17) is 11.6 Å². The smallest absolute Gasteiger partial charge is 0.146 e. The lowest BCUT2D eigenvalue weighted by Crippen LogP contribution is -2.33. The number of benzene rings is 1. The first kappa shape index (κ1) is 19.4. The van der Waals surface area contributed by atoms with Crippen molar-refractivity contribution in [2.45, 2.75) is 13.0 Å². The number of anilines is 1. The van der Waals surface area contributed by atoms with Crippen LogP contribution in [0.4, 0.5) is 14.6 Å². The van der Waals surface area contributed by atoms with Gasteiger partial charge >= 0.3 is 0 Å². The predicted octanol–water partition coefficient (Wildman–Crippen LogP) is 3.30. The van der Waals surface area contributed by atoms with Crippen LogP contribution in [0.3, 0.4) is 0 Å². The lowest BCUT2D eigenvalue weighted by molar-refractivity contribution is 0.511. The summed E-state index contributed by atoms with van der Waals surface area (Å²) in [6, 6.07) is 10.7. The fourth-order valence-corrected chi connectivity index (χ4v) is 2.84. The van der Waals surface area contributed by atoms with Gasteiger partial charge in [0.1, 0.15) is 18.3 Å². The second-order valence-corrected chi connectivity index (χ2v) is 6.15. The van der Waals surface area contributed by atoms with Crippen molar-refractivity contribution in [2.75, 3.05) is 12.4 Å². The molecule has 0 radical (unpaired) electrons. The van der Waals surface area contributed by atoms with Gasteiger partial charge in [-0.05, 0) is 19.1 Å². The molecule has 2 heterocycles. The van der Waals surface area contributed by atoms with Crippen molar-refractivity contribution in [3.63, 3.8) is 0 Å². The highest BCUT2D eigenvalue weighted by Gasteiger charge is 2.15. The maximum absolute atomic E-state index is 12.9. The Hall–Kier alpha value is -3.39. The van der Waals surface area contributed by atoms with Crippen molar-refractivity contribution in [3.8, 4) is 11.1 Å². The Labute approximate surface area is 161 Å². The molecular weight excluding hydrogens is 362 g/mol. The van der Waals surface area contributed by atoms with Gasteiger partial charge in [0.05, 0.1) is 23.5 Å². The summed E-state index contributed by atoms with van der Waals surface area (Å²) in [5.41, 5.74) is 11.2. The number of hydrogen-bond donors (Lipinski definition) is 3. The number of fused-ring (bicyclic) bond motifs is 1. The van der Waals surface area contributed by atoms with Crippen molar-refractivity contribution < 1.29 is 8.78 Å². The molecule has 0 aliphatic carbocycles. The van der Waals surface area contributed by atoms with Gasteiger partial charge in [-0.3, -0.25) is 9.98 Å². The summed E-state index contributed by atoms with van der Waals surface area (Å²) in [5, 5.41) is 0.985. The molecule has 5 N–H and O–H groups in total. The number of halogens is 2. The molecule has 1 unspecified atom stereocenters. The molecule has 0 saturated carbocycles. The van der Waals surface area contributed by atoms with E-state index in [1.54, 1.807) is 25.4 Å². The highest BCUT2D eigenvalue weighted by atomic mass is 19.1. The quantitative estimate of drug-likeness (QED) is 0.272. The second kappa shape index (κ2) is 8.53. The largest absolute Gasteiger partial charge is 0.383 e. The van der Waals surface area contributed by atoms with Crippen LogP contribution in [-0.4, -0.2) is 28.5 Å². The highest BCUT2D eigenvalue weighted by molar-refractivity contribution is 6.04. The summed E-state index contributed by atoms with van der Waals surface area (Å²) < 4.78 is 25.7.